The van der Waals surface area contributed by atoms with Gasteiger partial charge in [0.15, 0.2) is 8.38 Å². The maximum Gasteiger partial charge on any atom is 0.262 e. The number of rotatable bonds is 7. The number of nitrogens with zero attached hydrogens (tertiary/aromatic N) is 2. The van der Waals surface area contributed by atoms with Crippen LogP contribution in [0.2, 0.25) is 0 Å². The largest absolute Gasteiger partial charge is 0.412 e. The number of carbonyl (C=O) groups is 2. The number of nitrogens with one attached hydrogen (secondary N) is 2. The molecule has 3 aliphatic heterocycles. The Morgan fingerprint density at radius 1 is 1.07 bits per heavy atom. The highest BCUT2D eigenvalue weighted by Gasteiger charge is 2.41. The normalized spacial score (nSPS) is 23.6. The molecule has 10 nitrogen and oxygen atoms in total. The number of thiophene rings is 1. The second-order valence-corrected chi connectivity index (χ2v) is 14.1. The summed E-state index contributed by atoms with van der Waals surface area (Å²) in [5.74, 6) is 1.25. The maximum absolute atomic E-state index is 13.0. The van der Waals surface area contributed by atoms with E-state index >= 15 is 0 Å². The fourth-order valence-electron chi connectivity index (χ4n) is 6.51. The number of hydrogen-bond acceptors (Lipinski definition) is 8. The van der Waals surface area contributed by atoms with Crippen LogP contribution < -0.4 is 10.6 Å². The Morgan fingerprint density at radius 2 is 1.88 bits per heavy atom. The van der Waals surface area contributed by atoms with E-state index in [-0.39, 0.29) is 46.4 Å². The predicted octanol–water partition coefficient (Wildman–Crippen LogP) is 3.89. The van der Waals surface area contributed by atoms with Gasteiger partial charge in [0.2, 0.25) is 5.91 Å². The van der Waals surface area contributed by atoms with Crippen molar-refractivity contribution in [3.8, 4) is 0 Å². The summed E-state index contributed by atoms with van der Waals surface area (Å²) >= 11 is 1.36. The molecule has 5 heterocycles. The Labute approximate surface area is 261 Å². The van der Waals surface area contributed by atoms with Crippen LogP contribution in [-0.2, 0) is 11.0 Å². The lowest BCUT2D eigenvalue weighted by atomic mass is 9.90. The third-order valence-electron chi connectivity index (χ3n) is 8.97. The van der Waals surface area contributed by atoms with Gasteiger partial charge >= 0.3 is 0 Å². The van der Waals surface area contributed by atoms with Crippen LogP contribution in [0.1, 0.15) is 87.4 Å². The number of aromatic nitrogens is 1. The first-order chi connectivity index (χ1) is 20.4. The van der Waals surface area contributed by atoms with E-state index in [9.17, 15) is 24.5 Å². The van der Waals surface area contributed by atoms with Crippen molar-refractivity contribution in [2.45, 2.75) is 81.1 Å². The minimum absolute atomic E-state index is 0. The Kier molecular flexibility index (Phi) is 10.4. The molecule has 3 atom stereocenters. The molecule has 43 heavy (non-hydrogen) atoms. The van der Waals surface area contributed by atoms with Crippen LogP contribution in [0.25, 0.3) is 10.1 Å². The minimum atomic E-state index is -2.00. The van der Waals surface area contributed by atoms with Crippen molar-refractivity contribution in [3.63, 3.8) is 0 Å². The highest BCUT2D eigenvalue weighted by molar-refractivity contribution is 7.44. The van der Waals surface area contributed by atoms with Crippen molar-refractivity contribution < 1.29 is 34.2 Å². The molecule has 0 spiro atoms. The summed E-state index contributed by atoms with van der Waals surface area (Å²) in [6.07, 6.45) is 11.1. The number of aliphatic hydroxyl groups excluding tert-OH is 1. The van der Waals surface area contributed by atoms with Gasteiger partial charge in [0.25, 0.3) is 5.91 Å². The minimum Gasteiger partial charge on any atom is -0.412 e. The number of hydrogen-bond donors (Lipinski definition) is 5. The van der Waals surface area contributed by atoms with E-state index in [2.05, 4.69) is 27.9 Å². The second-order valence-electron chi connectivity index (χ2n) is 11.9. The molecule has 2 amide bonds. The molecule has 7 rings (SSSR count). The van der Waals surface area contributed by atoms with Gasteiger partial charge in [0.05, 0.1) is 17.5 Å². The fraction of sp³-hybridized carbons (Fsp3) is 0.516. The zero-order valence-electron chi connectivity index (χ0n) is 24.1. The van der Waals surface area contributed by atoms with Crippen LogP contribution in [0.3, 0.4) is 0 Å². The molecule has 0 unspecified atom stereocenters. The number of carbonyl (C=O) groups excluding carboxylic acids is 2. The van der Waals surface area contributed by atoms with Crippen molar-refractivity contribution in [2.75, 3.05) is 19.7 Å². The van der Waals surface area contributed by atoms with Crippen LogP contribution in [-0.4, -0.2) is 79.9 Å². The molecular weight excluding hydrogens is 587 g/mol. The lowest BCUT2D eigenvalue weighted by Crippen LogP contribution is -2.51. The van der Waals surface area contributed by atoms with E-state index in [1.54, 1.807) is 16.5 Å². The average Bonchev–Trinajstić information content (AvgIpc) is 3.61. The van der Waals surface area contributed by atoms with Crippen molar-refractivity contribution in [3.05, 3.63) is 64.3 Å². The lowest BCUT2D eigenvalue weighted by molar-refractivity contribution is -0.136. The summed E-state index contributed by atoms with van der Waals surface area (Å²) in [5.41, 5.74) is 3.89. The molecule has 7 N–H and O–H groups in total. The molecule has 4 aliphatic rings. The maximum atomic E-state index is 13.0. The zero-order chi connectivity index (χ0) is 29.2. The molecule has 2 aromatic heterocycles. The molecule has 0 bridgehead atoms. The summed E-state index contributed by atoms with van der Waals surface area (Å²) in [7, 11) is -2.00. The lowest BCUT2D eigenvalue weighted by Gasteiger charge is -2.30. The molecule has 1 saturated carbocycles. The van der Waals surface area contributed by atoms with Crippen molar-refractivity contribution in [2.24, 2.45) is 0 Å². The molecule has 12 heteroatoms. The Bertz CT molecular complexity index is 1440. The van der Waals surface area contributed by atoms with Gasteiger partial charge in [0.1, 0.15) is 6.04 Å². The van der Waals surface area contributed by atoms with Crippen LogP contribution in [0.15, 0.2) is 42.7 Å². The third-order valence-corrected chi connectivity index (χ3v) is 10.7. The Balaban J connectivity index is 0.000000366. The van der Waals surface area contributed by atoms with E-state index in [1.807, 2.05) is 24.4 Å². The van der Waals surface area contributed by atoms with Gasteiger partial charge in [-0.3, -0.25) is 14.6 Å². The highest BCUT2D eigenvalue weighted by atomic mass is 32.1. The first kappa shape index (κ1) is 31.9. The summed E-state index contributed by atoms with van der Waals surface area (Å²) in [6, 6.07) is 9.04. The molecule has 1 aromatic carbocycles. The highest BCUT2D eigenvalue weighted by Crippen LogP contribution is 2.43. The fourth-order valence-corrected chi connectivity index (χ4v) is 7.98. The van der Waals surface area contributed by atoms with E-state index in [1.165, 1.54) is 29.7 Å². The molecule has 0 radical (unpaired) electrons. The zero-order valence-corrected chi connectivity index (χ0v) is 25.8. The van der Waals surface area contributed by atoms with Gasteiger partial charge in [-0.2, -0.15) is 0 Å². The van der Waals surface area contributed by atoms with Crippen LogP contribution in [0.4, 0.5) is 0 Å². The van der Waals surface area contributed by atoms with Crippen molar-refractivity contribution >= 4 is 41.6 Å². The van der Waals surface area contributed by atoms with E-state index in [0.717, 1.165) is 66.3 Å². The standard InChI is InChI=1S/C20H25N2O5PS.C11H14N2.H2O.3H2/c23-10-15-6-5-14-2-1-3-16(20(25)22(14)15)21-19(24)18-9-13-8-12(11-28(26)27)4-7-17(13)29-18;1-2-8(1)10-3-4-12-7-11(10)9-5-13-6-9;;;;/h4,7-9,14-16,23,26-27H,1-3,5-6,10-11H2,(H,21,24);3-4,7-9,13H,1-2,5-6H2;1H2;3*1H/t14-,15-,16-;;;;;/m0...../s1. The smallest absolute Gasteiger partial charge is 0.262 e. The van der Waals surface area contributed by atoms with Crippen LogP contribution >= 0.6 is 19.7 Å². The average molecular weight is 635 g/mol. The summed E-state index contributed by atoms with van der Waals surface area (Å²) in [4.78, 5) is 50.9. The summed E-state index contributed by atoms with van der Waals surface area (Å²) in [6.45, 7) is 2.25. The monoisotopic (exact) mass is 634 g/mol. The SMILES string of the molecule is O.O=C(N[C@H]1CCC[C@H]2CC[C@@H](CO)N2C1=O)c1cc2cc(CP(O)O)ccc2s1.[HH].[HH].[HH].c1cc(C2CC2)c(C2CNC2)cn1. The van der Waals surface area contributed by atoms with Crippen molar-refractivity contribution in [1.82, 2.24) is 20.5 Å². The summed E-state index contributed by atoms with van der Waals surface area (Å²) < 4.78 is 0.936. The quantitative estimate of drug-likeness (QED) is 0.246. The Morgan fingerprint density at radius 3 is 2.58 bits per heavy atom. The van der Waals surface area contributed by atoms with Crippen LogP contribution in [0, 0.1) is 0 Å². The number of pyridine rings is 1. The Hall–Kier alpha value is -2.50. The van der Waals surface area contributed by atoms with Gasteiger partial charge in [-0.15, -0.1) is 11.3 Å². The van der Waals surface area contributed by atoms with Gasteiger partial charge in [0, 0.05) is 52.6 Å². The third kappa shape index (κ3) is 7.26. The van der Waals surface area contributed by atoms with Gasteiger partial charge < -0.3 is 35.9 Å². The molecular formula is C31H47N4O6PS. The number of benzene rings is 1. The molecule has 3 aromatic rings. The number of fused-ring (bicyclic) bond motifs is 2. The van der Waals surface area contributed by atoms with Crippen LogP contribution in [0.5, 0.6) is 0 Å². The number of aliphatic hydroxyl groups is 1. The topological polar surface area (TPSA) is 167 Å². The summed E-state index contributed by atoms with van der Waals surface area (Å²) in [5, 5.41) is 16.7. The first-order valence-electron chi connectivity index (χ1n) is 15.0. The predicted molar refractivity (Wildman–Crippen MR) is 175 cm³/mol. The van der Waals surface area contributed by atoms with Gasteiger partial charge in [-0.1, -0.05) is 6.07 Å². The van der Waals surface area contributed by atoms with E-state index in [0.29, 0.717) is 11.3 Å². The number of amides is 2. The van der Waals surface area contributed by atoms with Gasteiger partial charge in [-0.25, -0.2) is 0 Å². The second kappa shape index (κ2) is 14.1. The molecule has 4 fully saturated rings. The van der Waals surface area contributed by atoms with Crippen molar-refractivity contribution in [1.29, 1.82) is 0 Å². The van der Waals surface area contributed by atoms with Gasteiger partial charge in [-0.05, 0) is 97.2 Å². The first-order valence-corrected chi connectivity index (χ1v) is 17.2. The molecule has 1 aliphatic carbocycles. The van der Waals surface area contributed by atoms with E-state index < -0.39 is 14.4 Å². The van der Waals surface area contributed by atoms with E-state index in [4.69, 9.17) is 0 Å². The molecule has 238 valence electrons. The molecule has 3 saturated heterocycles.